The predicted octanol–water partition coefficient (Wildman–Crippen LogP) is 4.19. The lowest BCUT2D eigenvalue weighted by Gasteiger charge is -2.27. The number of aromatic carboxylic acids is 2. The van der Waals surface area contributed by atoms with Gasteiger partial charge < -0.3 is 10.2 Å². The molecule has 0 saturated carbocycles. The third kappa shape index (κ3) is 3.37. The first kappa shape index (κ1) is 20.7. The fourth-order valence-corrected chi connectivity index (χ4v) is 6.00. The Kier molecular flexibility index (Phi) is 5.22. The summed E-state index contributed by atoms with van der Waals surface area (Å²) in [5, 5.41) is 24.3. The number of carboxylic acids is 2. The van der Waals surface area contributed by atoms with Gasteiger partial charge in [0, 0.05) is 4.83 Å². The molecule has 2 atom stereocenters. The summed E-state index contributed by atoms with van der Waals surface area (Å²) in [6, 6.07) is 17.2. The number of carboxylic acid groups (broad SMARTS) is 2. The number of hydrogen-bond acceptors (Lipinski definition) is 2. The molecular weight excluding hydrogens is 468 g/mol. The van der Waals surface area contributed by atoms with Gasteiger partial charge in [0.25, 0.3) is 0 Å². The van der Waals surface area contributed by atoms with Gasteiger partial charge in [0.1, 0.15) is 0 Å². The van der Waals surface area contributed by atoms with Crippen molar-refractivity contribution in [3.05, 3.63) is 103 Å². The molecule has 0 amide bonds. The fraction of sp³-hybridized carbons (Fsp3) is 0.185. The monoisotopic (exact) mass is 488 g/mol. The molecule has 5 rings (SSSR count). The summed E-state index contributed by atoms with van der Waals surface area (Å²) in [4.78, 5) is 23.2. The van der Waals surface area contributed by atoms with Crippen LogP contribution in [0.5, 0.6) is 0 Å². The molecule has 2 N–H and O–H groups in total. The van der Waals surface area contributed by atoms with Crippen LogP contribution in [-0.2, 0) is 12.8 Å². The van der Waals surface area contributed by atoms with Gasteiger partial charge in [0.05, 0.1) is 11.1 Å². The van der Waals surface area contributed by atoms with Crippen molar-refractivity contribution in [3.63, 3.8) is 0 Å². The van der Waals surface area contributed by atoms with E-state index in [1.165, 1.54) is 45.0 Å². The van der Waals surface area contributed by atoms with Crippen molar-refractivity contribution in [2.45, 2.75) is 24.1 Å². The first-order valence-corrected chi connectivity index (χ1v) is 11.5. The molecule has 32 heavy (non-hydrogen) atoms. The quantitative estimate of drug-likeness (QED) is 0.540. The first-order chi connectivity index (χ1) is 15.5. The van der Waals surface area contributed by atoms with Gasteiger partial charge >= 0.3 is 11.9 Å². The van der Waals surface area contributed by atoms with Crippen molar-refractivity contribution in [1.82, 2.24) is 0 Å². The number of fused-ring (bicyclic) bond motifs is 4. The van der Waals surface area contributed by atoms with Crippen LogP contribution in [0.25, 0.3) is 12.2 Å². The van der Waals surface area contributed by atoms with Crippen LogP contribution < -0.4 is 10.4 Å². The van der Waals surface area contributed by atoms with E-state index < -0.39 is 16.8 Å². The van der Waals surface area contributed by atoms with E-state index in [0.29, 0.717) is 5.56 Å². The molecule has 160 valence electrons. The van der Waals surface area contributed by atoms with Crippen LogP contribution in [0.2, 0.25) is 0 Å². The highest BCUT2D eigenvalue weighted by molar-refractivity contribution is 9.09. The molecule has 0 aliphatic heterocycles. The van der Waals surface area contributed by atoms with E-state index >= 15 is 0 Å². The molecule has 2 aliphatic rings. The zero-order valence-electron chi connectivity index (χ0n) is 17.2. The van der Waals surface area contributed by atoms with E-state index in [0.717, 1.165) is 24.5 Å². The van der Waals surface area contributed by atoms with Gasteiger partial charge in [0.15, 0.2) is 0 Å². The Labute approximate surface area is 193 Å². The van der Waals surface area contributed by atoms with Crippen LogP contribution in [0.3, 0.4) is 0 Å². The summed E-state index contributed by atoms with van der Waals surface area (Å²) in [6.45, 7) is 0. The Morgan fingerprint density at radius 1 is 0.844 bits per heavy atom. The van der Waals surface area contributed by atoms with E-state index in [9.17, 15) is 19.8 Å². The number of hydrogen-bond donors (Lipinski definition) is 2. The van der Waals surface area contributed by atoms with Crippen LogP contribution in [0, 0.1) is 16.4 Å². The highest BCUT2D eigenvalue weighted by atomic mass is 79.9. The van der Waals surface area contributed by atoms with Crippen molar-refractivity contribution >= 4 is 40.0 Å². The van der Waals surface area contributed by atoms with Gasteiger partial charge in [-0.05, 0) is 74.9 Å². The summed E-state index contributed by atoms with van der Waals surface area (Å²) in [7, 11) is 0. The second kappa shape index (κ2) is 8.06. The Bertz CT molecular complexity index is 1460. The fourth-order valence-electron chi connectivity index (χ4n) is 5.09. The molecule has 0 radical (unpaired) electrons. The third-order valence-corrected chi connectivity index (χ3v) is 7.72. The van der Waals surface area contributed by atoms with E-state index in [-0.39, 0.29) is 17.0 Å². The highest BCUT2D eigenvalue weighted by Gasteiger charge is 2.30. The van der Waals surface area contributed by atoms with E-state index in [1.807, 2.05) is 0 Å². The van der Waals surface area contributed by atoms with Crippen LogP contribution in [-0.4, -0.2) is 22.2 Å². The summed E-state index contributed by atoms with van der Waals surface area (Å²) >= 11 is 3.67. The van der Waals surface area contributed by atoms with E-state index in [1.54, 1.807) is 0 Å². The van der Waals surface area contributed by atoms with E-state index in [4.69, 9.17) is 0 Å². The van der Waals surface area contributed by atoms with Gasteiger partial charge in [-0.1, -0.05) is 70.5 Å². The zero-order valence-corrected chi connectivity index (χ0v) is 18.8. The van der Waals surface area contributed by atoms with Crippen LogP contribution in [0.4, 0.5) is 0 Å². The lowest BCUT2D eigenvalue weighted by Crippen LogP contribution is -2.25. The Balaban J connectivity index is 1.64. The number of alkyl halides is 1. The molecule has 0 saturated heterocycles. The molecule has 0 aromatic heterocycles. The molecule has 0 bridgehead atoms. The van der Waals surface area contributed by atoms with Crippen molar-refractivity contribution in [2.75, 3.05) is 0 Å². The molecule has 5 heteroatoms. The van der Waals surface area contributed by atoms with E-state index in [2.05, 4.69) is 64.5 Å². The highest BCUT2D eigenvalue weighted by Crippen LogP contribution is 2.40. The molecule has 0 spiro atoms. The minimum Gasteiger partial charge on any atom is -0.478 e. The van der Waals surface area contributed by atoms with Crippen LogP contribution in [0.15, 0.2) is 54.6 Å². The zero-order chi connectivity index (χ0) is 22.4. The maximum absolute atomic E-state index is 11.8. The topological polar surface area (TPSA) is 74.6 Å². The normalized spacial score (nSPS) is 17.1. The Morgan fingerprint density at radius 2 is 1.56 bits per heavy atom. The summed E-state index contributed by atoms with van der Waals surface area (Å²) in [6.07, 6.45) is 7.03. The standard InChI is InChI=1S/C27H21BrO4/c28-25(24-22(26(29)30)6-3-7-23(24)27(31)32)17-10-11-19-16(14-17)9-13-20-18-5-2-1-4-15(18)8-12-21(19)20/h1-9,13-14,17,25H,10-12H2,(H,29,30)(H,31,32). The number of benzene rings is 3. The van der Waals surface area contributed by atoms with Crippen molar-refractivity contribution in [3.8, 4) is 0 Å². The minimum absolute atomic E-state index is 0.0148. The first-order valence-electron chi connectivity index (χ1n) is 10.6. The molecule has 0 fully saturated rings. The van der Waals surface area contributed by atoms with Crippen molar-refractivity contribution in [2.24, 2.45) is 5.92 Å². The number of halogens is 1. The van der Waals surface area contributed by atoms with Gasteiger partial charge in [-0.25, -0.2) is 9.59 Å². The lowest BCUT2D eigenvalue weighted by molar-refractivity contribution is 0.0695. The SMILES string of the molecule is O=C(O)c1cccc(C(=O)O)c1C(Br)C1C=c2ccc3c(c2CC1)CC=c1ccccc1=3. The molecular formula is C27H21BrO4. The molecule has 3 aromatic rings. The van der Waals surface area contributed by atoms with Gasteiger partial charge in [-0.2, -0.15) is 0 Å². The average Bonchev–Trinajstić information content (AvgIpc) is 2.82. The van der Waals surface area contributed by atoms with Gasteiger partial charge in [0.2, 0.25) is 0 Å². The minimum atomic E-state index is -1.12. The summed E-state index contributed by atoms with van der Waals surface area (Å²) < 4.78 is 0. The molecule has 4 nitrogen and oxygen atoms in total. The van der Waals surface area contributed by atoms with Crippen LogP contribution >= 0.6 is 15.9 Å². The average molecular weight is 489 g/mol. The van der Waals surface area contributed by atoms with Gasteiger partial charge in [-0.3, -0.25) is 0 Å². The maximum Gasteiger partial charge on any atom is 0.336 e. The van der Waals surface area contributed by atoms with Crippen molar-refractivity contribution in [1.29, 1.82) is 0 Å². The smallest absolute Gasteiger partial charge is 0.336 e. The van der Waals surface area contributed by atoms with Crippen molar-refractivity contribution < 1.29 is 19.8 Å². The summed E-state index contributed by atoms with van der Waals surface area (Å²) in [5.74, 6) is -2.25. The Morgan fingerprint density at radius 3 is 2.28 bits per heavy atom. The molecule has 3 aromatic carbocycles. The third-order valence-electron chi connectivity index (χ3n) is 6.58. The second-order valence-electron chi connectivity index (χ2n) is 8.30. The Hall–Kier alpha value is -3.18. The van der Waals surface area contributed by atoms with Gasteiger partial charge in [-0.15, -0.1) is 0 Å². The summed E-state index contributed by atoms with van der Waals surface area (Å²) in [5.41, 5.74) is 3.09. The molecule has 2 unspecified atom stereocenters. The number of carbonyl (C=O) groups is 2. The predicted molar refractivity (Wildman–Crippen MR) is 126 cm³/mol. The van der Waals surface area contributed by atoms with Crippen LogP contribution in [0.1, 0.15) is 48.7 Å². The molecule has 2 aliphatic carbocycles. The number of rotatable bonds is 4. The second-order valence-corrected chi connectivity index (χ2v) is 9.29. The lowest BCUT2D eigenvalue weighted by atomic mass is 9.81. The maximum atomic E-state index is 11.8. The molecule has 0 heterocycles. The largest absolute Gasteiger partial charge is 0.478 e.